The van der Waals surface area contributed by atoms with E-state index in [1.54, 1.807) is 24.5 Å². The van der Waals surface area contributed by atoms with Crippen molar-refractivity contribution >= 4 is 28.3 Å². The number of benzene rings is 2. The van der Waals surface area contributed by atoms with Crippen molar-refractivity contribution in [3.8, 4) is 11.5 Å². The van der Waals surface area contributed by atoms with Crippen LogP contribution in [0.25, 0.3) is 10.8 Å². The summed E-state index contributed by atoms with van der Waals surface area (Å²) in [6.07, 6.45) is 3.83. The highest BCUT2D eigenvalue weighted by Crippen LogP contribution is 2.37. The van der Waals surface area contributed by atoms with Crippen LogP contribution < -0.4 is 20.3 Å². The first-order valence-corrected chi connectivity index (χ1v) is 10.7. The van der Waals surface area contributed by atoms with Gasteiger partial charge in [-0.15, -0.1) is 0 Å². The lowest BCUT2D eigenvalue weighted by Crippen LogP contribution is -2.31. The molecule has 2 aromatic heterocycles. The highest BCUT2D eigenvalue weighted by atomic mass is 16.7. The van der Waals surface area contributed by atoms with Gasteiger partial charge in [0.05, 0.1) is 29.4 Å². The molecule has 176 valence electrons. The van der Waals surface area contributed by atoms with Crippen LogP contribution in [0.3, 0.4) is 0 Å². The number of rotatable bonds is 6. The minimum atomic E-state index is -0.653. The number of nitrogens with one attached hydrogen (secondary N) is 1. The molecule has 0 unspecified atom stereocenters. The summed E-state index contributed by atoms with van der Waals surface area (Å²) in [7, 11) is 1.24. The Kier molecular flexibility index (Phi) is 5.84. The number of ether oxygens (including phenoxy) is 3. The van der Waals surface area contributed by atoms with E-state index in [1.165, 1.54) is 19.2 Å². The molecular weight excluding hydrogens is 452 g/mol. The monoisotopic (exact) mass is 472 g/mol. The van der Waals surface area contributed by atoms with Crippen molar-refractivity contribution < 1.29 is 23.8 Å². The lowest BCUT2D eigenvalue weighted by atomic mass is 10.1. The largest absolute Gasteiger partial charge is 0.465 e. The molecule has 0 saturated heterocycles. The maximum absolute atomic E-state index is 13.1. The van der Waals surface area contributed by atoms with E-state index in [0.717, 1.165) is 15.6 Å². The molecular formula is C25H20N4O6. The molecule has 10 heteroatoms. The molecule has 4 aromatic rings. The van der Waals surface area contributed by atoms with Crippen molar-refractivity contribution in [2.24, 2.45) is 0 Å². The molecule has 0 fully saturated rings. The number of esters is 1. The molecule has 0 spiro atoms. The van der Waals surface area contributed by atoms with E-state index in [1.807, 2.05) is 24.3 Å². The number of hydrogen-bond donors (Lipinski definition) is 1. The van der Waals surface area contributed by atoms with Gasteiger partial charge in [-0.2, -0.15) is 5.10 Å². The molecule has 35 heavy (non-hydrogen) atoms. The number of hydrogen-bond acceptors (Lipinski definition) is 8. The molecule has 0 aliphatic carbocycles. The Labute approximate surface area is 199 Å². The van der Waals surface area contributed by atoms with Crippen molar-refractivity contribution in [3.05, 3.63) is 88.1 Å². The summed E-state index contributed by atoms with van der Waals surface area (Å²) >= 11 is 0. The van der Waals surface area contributed by atoms with Gasteiger partial charge in [-0.05, 0) is 23.8 Å². The van der Waals surface area contributed by atoms with E-state index in [4.69, 9.17) is 14.2 Å². The van der Waals surface area contributed by atoms with E-state index in [9.17, 15) is 14.4 Å². The normalized spacial score (nSPS) is 11.9. The second kappa shape index (κ2) is 9.26. The summed E-state index contributed by atoms with van der Waals surface area (Å²) in [4.78, 5) is 42.3. The maximum atomic E-state index is 13.1. The minimum absolute atomic E-state index is 0.00397. The standard InChI is InChI=1S/C25H20N4O6/c1-33-25(32)18-11-21-22(35-14-34-21)12-19(18)27-23(30)13-29-24(31)17-5-3-2-4-16(17)20(28-29)10-15-6-8-26-9-7-15/h2-9,11-12H,10,13-14H2,1H3,(H,27,30). The van der Waals surface area contributed by atoms with Gasteiger partial charge in [-0.3, -0.25) is 14.6 Å². The van der Waals surface area contributed by atoms with Crippen molar-refractivity contribution in [2.45, 2.75) is 13.0 Å². The molecule has 2 aromatic carbocycles. The number of amides is 1. The van der Waals surface area contributed by atoms with Gasteiger partial charge in [0.15, 0.2) is 11.5 Å². The molecule has 0 bridgehead atoms. The predicted octanol–water partition coefficient (Wildman–Crippen LogP) is 2.54. The van der Waals surface area contributed by atoms with Crippen LogP contribution in [-0.2, 0) is 22.5 Å². The lowest BCUT2D eigenvalue weighted by molar-refractivity contribution is -0.117. The van der Waals surface area contributed by atoms with E-state index in [2.05, 4.69) is 15.4 Å². The van der Waals surface area contributed by atoms with Crippen LogP contribution >= 0.6 is 0 Å². The zero-order chi connectivity index (χ0) is 24.4. The van der Waals surface area contributed by atoms with Gasteiger partial charge in [-0.1, -0.05) is 18.2 Å². The Morgan fingerprint density at radius 1 is 1.06 bits per heavy atom. The molecule has 0 radical (unpaired) electrons. The maximum Gasteiger partial charge on any atom is 0.340 e. The summed E-state index contributed by atoms with van der Waals surface area (Å²) in [5.41, 5.74) is 1.50. The van der Waals surface area contributed by atoms with Crippen molar-refractivity contribution in [3.63, 3.8) is 0 Å². The Morgan fingerprint density at radius 3 is 2.51 bits per heavy atom. The molecule has 5 rings (SSSR count). The third-order valence-electron chi connectivity index (χ3n) is 5.55. The Balaban J connectivity index is 1.47. The van der Waals surface area contributed by atoms with E-state index < -0.39 is 17.4 Å². The Bertz CT molecular complexity index is 1500. The highest BCUT2D eigenvalue weighted by Gasteiger charge is 2.23. The van der Waals surface area contributed by atoms with Crippen LogP contribution in [0, 0.1) is 0 Å². The molecule has 1 N–H and O–H groups in total. The Hall–Kier alpha value is -4.73. The third kappa shape index (κ3) is 4.41. The number of anilines is 1. The average Bonchev–Trinajstić information content (AvgIpc) is 3.34. The number of aromatic nitrogens is 3. The van der Waals surface area contributed by atoms with Crippen molar-refractivity contribution in [1.29, 1.82) is 0 Å². The predicted molar refractivity (Wildman–Crippen MR) is 126 cm³/mol. The number of carbonyl (C=O) groups excluding carboxylic acids is 2. The van der Waals surface area contributed by atoms with E-state index in [0.29, 0.717) is 29.0 Å². The summed E-state index contributed by atoms with van der Waals surface area (Å²) in [6, 6.07) is 13.8. The fourth-order valence-electron chi connectivity index (χ4n) is 3.89. The lowest BCUT2D eigenvalue weighted by Gasteiger charge is -2.13. The third-order valence-corrected chi connectivity index (χ3v) is 5.55. The summed E-state index contributed by atoms with van der Waals surface area (Å²) < 4.78 is 16.6. The van der Waals surface area contributed by atoms with Crippen molar-refractivity contribution in [2.75, 3.05) is 19.2 Å². The molecule has 0 saturated carbocycles. The summed E-state index contributed by atoms with van der Waals surface area (Å²) in [5, 5.41) is 8.33. The van der Waals surface area contributed by atoms with Crippen LogP contribution in [0.15, 0.2) is 65.7 Å². The van der Waals surface area contributed by atoms with Crippen molar-refractivity contribution in [1.82, 2.24) is 14.8 Å². The number of pyridine rings is 1. The van der Waals surface area contributed by atoms with E-state index >= 15 is 0 Å². The SMILES string of the molecule is COC(=O)c1cc2c(cc1NC(=O)Cn1nc(Cc3ccncc3)c3ccccc3c1=O)OCO2. The summed E-state index contributed by atoms with van der Waals surface area (Å²) in [6.45, 7) is -0.355. The molecule has 1 aliphatic rings. The number of methoxy groups -OCH3 is 1. The molecule has 1 amide bonds. The van der Waals surface area contributed by atoms with Gasteiger partial charge in [-0.25, -0.2) is 9.48 Å². The quantitative estimate of drug-likeness (QED) is 0.425. The van der Waals surface area contributed by atoms with Crippen LogP contribution in [0.1, 0.15) is 21.6 Å². The van der Waals surface area contributed by atoms with Gasteiger partial charge in [0.1, 0.15) is 6.54 Å². The van der Waals surface area contributed by atoms with Crippen LogP contribution in [0.2, 0.25) is 0 Å². The zero-order valence-electron chi connectivity index (χ0n) is 18.7. The van der Waals surface area contributed by atoms with E-state index in [-0.39, 0.29) is 24.6 Å². The second-order valence-corrected chi connectivity index (χ2v) is 7.78. The number of nitrogens with zero attached hydrogens (tertiary/aromatic N) is 3. The van der Waals surface area contributed by atoms with Gasteiger partial charge in [0.25, 0.3) is 5.56 Å². The molecule has 3 heterocycles. The van der Waals surface area contributed by atoms with Gasteiger partial charge in [0, 0.05) is 36.3 Å². The topological polar surface area (TPSA) is 122 Å². The number of fused-ring (bicyclic) bond motifs is 2. The van der Waals surface area contributed by atoms with Gasteiger partial charge >= 0.3 is 5.97 Å². The summed E-state index contributed by atoms with van der Waals surface area (Å²) in [5.74, 6) is -0.446. The fraction of sp³-hybridized carbons (Fsp3) is 0.160. The highest BCUT2D eigenvalue weighted by molar-refractivity contribution is 6.02. The molecule has 0 atom stereocenters. The van der Waals surface area contributed by atoms with Gasteiger partial charge in [0.2, 0.25) is 12.7 Å². The molecule has 1 aliphatic heterocycles. The average molecular weight is 472 g/mol. The fourth-order valence-corrected chi connectivity index (χ4v) is 3.89. The number of carbonyl (C=O) groups is 2. The second-order valence-electron chi connectivity index (χ2n) is 7.78. The van der Waals surface area contributed by atoms with Crippen LogP contribution in [-0.4, -0.2) is 40.5 Å². The Morgan fingerprint density at radius 2 is 1.77 bits per heavy atom. The minimum Gasteiger partial charge on any atom is -0.465 e. The first-order chi connectivity index (χ1) is 17.0. The first kappa shape index (κ1) is 22.1. The van der Waals surface area contributed by atoms with Gasteiger partial charge < -0.3 is 19.5 Å². The van der Waals surface area contributed by atoms with Crippen LogP contribution in [0.4, 0.5) is 5.69 Å². The smallest absolute Gasteiger partial charge is 0.340 e. The molecule has 10 nitrogen and oxygen atoms in total. The van der Waals surface area contributed by atoms with Crippen LogP contribution in [0.5, 0.6) is 11.5 Å². The first-order valence-electron chi connectivity index (χ1n) is 10.7. The zero-order valence-corrected chi connectivity index (χ0v) is 18.7.